The number of amidine groups is 1. The van der Waals surface area contributed by atoms with E-state index in [9.17, 15) is 13.2 Å². The van der Waals surface area contributed by atoms with Crippen molar-refractivity contribution in [1.82, 2.24) is 9.80 Å². The van der Waals surface area contributed by atoms with Gasteiger partial charge in [0.2, 0.25) is 5.91 Å². The van der Waals surface area contributed by atoms with Crippen LogP contribution in [0.4, 0.5) is 5.69 Å². The van der Waals surface area contributed by atoms with Gasteiger partial charge in [-0.1, -0.05) is 38.1 Å². The molecule has 1 saturated heterocycles. The van der Waals surface area contributed by atoms with Crippen LogP contribution in [0, 0.1) is 0 Å². The van der Waals surface area contributed by atoms with Gasteiger partial charge >= 0.3 is 0 Å². The second-order valence-corrected chi connectivity index (χ2v) is 9.46. The normalized spacial score (nSPS) is 19.4. The topological polar surface area (TPSA) is 82.1 Å². The standard InChI is InChI=1S/C23H28N4O3S/c1-3-26(4-2)16-17-9-7-10-18(15-17)24-23(28)20-12-8-14-27(20)22-19-11-5-6-13-21(19)31(29,30)25-22/h5-7,9-11,13,15,20H,3-4,8,12,14,16H2,1-2H3,(H,24,28)/t20-/m0/s1. The van der Waals surface area contributed by atoms with E-state index in [0.717, 1.165) is 37.3 Å². The summed E-state index contributed by atoms with van der Waals surface area (Å²) in [6.07, 6.45) is 1.47. The minimum Gasteiger partial charge on any atom is -0.343 e. The van der Waals surface area contributed by atoms with Crippen LogP contribution in [0.5, 0.6) is 0 Å². The van der Waals surface area contributed by atoms with E-state index in [-0.39, 0.29) is 10.8 Å². The molecule has 31 heavy (non-hydrogen) atoms. The Morgan fingerprint density at radius 1 is 1.16 bits per heavy atom. The van der Waals surface area contributed by atoms with E-state index < -0.39 is 16.1 Å². The highest BCUT2D eigenvalue weighted by atomic mass is 32.2. The average molecular weight is 441 g/mol. The molecule has 1 atom stereocenters. The molecule has 1 amide bonds. The van der Waals surface area contributed by atoms with Gasteiger partial charge in [0.1, 0.15) is 10.9 Å². The Kier molecular flexibility index (Phi) is 6.11. The van der Waals surface area contributed by atoms with Gasteiger partial charge in [0.05, 0.1) is 0 Å². The van der Waals surface area contributed by atoms with Gasteiger partial charge in [-0.3, -0.25) is 9.69 Å². The molecule has 164 valence electrons. The van der Waals surface area contributed by atoms with Crippen LogP contribution in [0.25, 0.3) is 0 Å². The van der Waals surface area contributed by atoms with Crippen LogP contribution in [0.15, 0.2) is 57.8 Å². The van der Waals surface area contributed by atoms with Crippen LogP contribution in [0.1, 0.15) is 37.8 Å². The molecule has 1 N–H and O–H groups in total. The maximum Gasteiger partial charge on any atom is 0.285 e. The second-order valence-electron chi connectivity index (χ2n) is 7.89. The number of fused-ring (bicyclic) bond motifs is 1. The first kappa shape index (κ1) is 21.5. The van der Waals surface area contributed by atoms with Gasteiger partial charge in [-0.25, -0.2) is 0 Å². The first-order chi connectivity index (χ1) is 14.9. The summed E-state index contributed by atoms with van der Waals surface area (Å²) in [4.78, 5) is 17.5. The van der Waals surface area contributed by atoms with Crippen molar-refractivity contribution in [3.63, 3.8) is 0 Å². The zero-order valence-corrected chi connectivity index (χ0v) is 18.7. The Labute approximate surface area is 183 Å². The maximum atomic E-state index is 13.1. The van der Waals surface area contributed by atoms with Crippen LogP contribution < -0.4 is 5.32 Å². The van der Waals surface area contributed by atoms with E-state index in [1.807, 2.05) is 23.1 Å². The summed E-state index contributed by atoms with van der Waals surface area (Å²) in [6.45, 7) is 7.63. The molecule has 0 radical (unpaired) electrons. The second kappa shape index (κ2) is 8.80. The molecule has 0 unspecified atom stereocenters. The molecule has 0 bridgehead atoms. The first-order valence-electron chi connectivity index (χ1n) is 10.8. The predicted octanol–water partition coefficient (Wildman–Crippen LogP) is 3.08. The molecule has 7 nitrogen and oxygen atoms in total. The summed E-state index contributed by atoms with van der Waals surface area (Å²) in [5.41, 5.74) is 2.47. The fourth-order valence-corrected chi connectivity index (χ4v) is 5.48. The van der Waals surface area contributed by atoms with E-state index in [0.29, 0.717) is 24.4 Å². The monoisotopic (exact) mass is 440 g/mol. The number of anilines is 1. The van der Waals surface area contributed by atoms with Gasteiger partial charge in [-0.15, -0.1) is 4.40 Å². The lowest BCUT2D eigenvalue weighted by Crippen LogP contribution is -2.43. The molecular weight excluding hydrogens is 412 g/mol. The molecule has 0 saturated carbocycles. The van der Waals surface area contributed by atoms with E-state index >= 15 is 0 Å². The Morgan fingerprint density at radius 3 is 2.71 bits per heavy atom. The van der Waals surface area contributed by atoms with Gasteiger partial charge in [-0.05, 0) is 55.8 Å². The Bertz CT molecular complexity index is 1110. The molecule has 2 aliphatic heterocycles. The summed E-state index contributed by atoms with van der Waals surface area (Å²) < 4.78 is 28.9. The molecule has 0 aliphatic carbocycles. The van der Waals surface area contributed by atoms with Gasteiger partial charge in [0, 0.05) is 24.3 Å². The van der Waals surface area contributed by atoms with E-state index in [1.165, 1.54) is 0 Å². The number of rotatable bonds is 6. The lowest BCUT2D eigenvalue weighted by Gasteiger charge is -2.25. The zero-order chi connectivity index (χ0) is 22.0. The maximum absolute atomic E-state index is 13.1. The van der Waals surface area contributed by atoms with Gasteiger partial charge < -0.3 is 10.2 Å². The summed E-state index contributed by atoms with van der Waals surface area (Å²) in [7, 11) is -3.71. The van der Waals surface area contributed by atoms with Crippen molar-refractivity contribution in [2.75, 3.05) is 25.0 Å². The number of hydrogen-bond acceptors (Lipinski definition) is 5. The van der Waals surface area contributed by atoms with Gasteiger partial charge in [-0.2, -0.15) is 8.42 Å². The lowest BCUT2D eigenvalue weighted by atomic mass is 10.1. The van der Waals surface area contributed by atoms with Crippen molar-refractivity contribution >= 4 is 27.5 Å². The fourth-order valence-electron chi connectivity index (χ4n) is 4.27. The van der Waals surface area contributed by atoms with Crippen molar-refractivity contribution in [2.24, 2.45) is 4.40 Å². The van der Waals surface area contributed by atoms with E-state index in [1.54, 1.807) is 24.3 Å². The molecule has 1 fully saturated rings. The quantitative estimate of drug-likeness (QED) is 0.747. The largest absolute Gasteiger partial charge is 0.343 e. The van der Waals surface area contributed by atoms with Gasteiger partial charge in [0.25, 0.3) is 10.0 Å². The Hall–Kier alpha value is -2.71. The van der Waals surface area contributed by atoms with E-state index in [2.05, 4.69) is 34.5 Å². The molecule has 2 heterocycles. The summed E-state index contributed by atoms with van der Waals surface area (Å²) in [5.74, 6) is 0.241. The number of hydrogen-bond donors (Lipinski definition) is 1. The zero-order valence-electron chi connectivity index (χ0n) is 17.9. The molecule has 8 heteroatoms. The molecule has 0 spiro atoms. The highest BCUT2D eigenvalue weighted by Gasteiger charge is 2.39. The number of benzene rings is 2. The number of nitrogens with one attached hydrogen (secondary N) is 1. The third-order valence-corrected chi connectivity index (χ3v) is 7.26. The van der Waals surface area contributed by atoms with E-state index in [4.69, 9.17) is 0 Å². The highest BCUT2D eigenvalue weighted by Crippen LogP contribution is 2.31. The number of amides is 1. The number of sulfonamides is 1. The number of likely N-dealkylation sites (tertiary alicyclic amines) is 1. The highest BCUT2D eigenvalue weighted by molar-refractivity contribution is 7.90. The van der Waals surface area contributed by atoms with Crippen molar-refractivity contribution in [2.45, 2.75) is 44.2 Å². The average Bonchev–Trinajstić information content (AvgIpc) is 3.35. The Morgan fingerprint density at radius 2 is 1.94 bits per heavy atom. The van der Waals surface area contributed by atoms with Crippen LogP contribution in [-0.4, -0.2) is 55.6 Å². The van der Waals surface area contributed by atoms with Crippen LogP contribution in [0.2, 0.25) is 0 Å². The van der Waals surface area contributed by atoms with Crippen molar-refractivity contribution < 1.29 is 13.2 Å². The lowest BCUT2D eigenvalue weighted by molar-refractivity contribution is -0.119. The van der Waals surface area contributed by atoms with Crippen LogP contribution in [-0.2, 0) is 21.4 Å². The number of carbonyl (C=O) groups is 1. The minimum atomic E-state index is -3.71. The summed E-state index contributed by atoms with van der Waals surface area (Å²) in [6, 6.07) is 14.2. The van der Waals surface area contributed by atoms with Gasteiger partial charge in [0.15, 0.2) is 5.84 Å². The fraction of sp³-hybridized carbons (Fsp3) is 0.391. The number of nitrogens with zero attached hydrogens (tertiary/aromatic N) is 3. The first-order valence-corrected chi connectivity index (χ1v) is 12.2. The molecule has 4 rings (SSSR count). The SMILES string of the molecule is CCN(CC)Cc1cccc(NC(=O)[C@@H]2CCCN2C2=NS(=O)(=O)c3ccccc32)c1. The molecule has 2 aromatic carbocycles. The van der Waals surface area contributed by atoms with Crippen LogP contribution in [0.3, 0.4) is 0 Å². The predicted molar refractivity (Wildman–Crippen MR) is 122 cm³/mol. The molecular formula is C23H28N4O3S. The summed E-state index contributed by atoms with van der Waals surface area (Å²) >= 11 is 0. The Balaban J connectivity index is 1.52. The third kappa shape index (κ3) is 4.36. The van der Waals surface area contributed by atoms with Crippen LogP contribution >= 0.6 is 0 Å². The smallest absolute Gasteiger partial charge is 0.285 e. The number of carbonyl (C=O) groups excluding carboxylic acids is 1. The minimum absolute atomic E-state index is 0.137. The molecule has 2 aliphatic rings. The molecule has 0 aromatic heterocycles. The third-order valence-electron chi connectivity index (χ3n) is 5.94. The van der Waals surface area contributed by atoms with Crippen molar-refractivity contribution in [1.29, 1.82) is 0 Å². The molecule has 2 aromatic rings. The summed E-state index contributed by atoms with van der Waals surface area (Å²) in [5, 5.41) is 3.03. The van der Waals surface area contributed by atoms with Crippen molar-refractivity contribution in [3.8, 4) is 0 Å². The van der Waals surface area contributed by atoms with Crippen molar-refractivity contribution in [3.05, 3.63) is 59.7 Å².